The minimum Gasteiger partial charge on any atom is -0.370 e. The molecule has 0 spiro atoms. The Hall–Kier alpha value is -1.58. The summed E-state index contributed by atoms with van der Waals surface area (Å²) in [4.78, 5) is 16.4. The quantitative estimate of drug-likeness (QED) is 0.839. The van der Waals surface area contributed by atoms with E-state index in [4.69, 9.17) is 0 Å². The maximum atomic E-state index is 12.2. The second-order valence-electron chi connectivity index (χ2n) is 5.73. The van der Waals surface area contributed by atoms with Crippen LogP contribution in [0.2, 0.25) is 0 Å². The van der Waals surface area contributed by atoms with Crippen molar-refractivity contribution in [2.75, 3.05) is 18.4 Å². The van der Waals surface area contributed by atoms with Crippen LogP contribution < -0.4 is 10.6 Å². The fourth-order valence-corrected chi connectivity index (χ4v) is 2.77. The second-order valence-corrected chi connectivity index (χ2v) is 5.73. The zero-order valence-electron chi connectivity index (χ0n) is 12.5. The predicted octanol–water partition coefficient (Wildman–Crippen LogP) is 3.07. The van der Waals surface area contributed by atoms with Crippen molar-refractivity contribution >= 4 is 11.7 Å². The van der Waals surface area contributed by atoms with E-state index >= 15 is 0 Å². The molecule has 0 radical (unpaired) electrons. The van der Waals surface area contributed by atoms with Gasteiger partial charge in [0.1, 0.15) is 5.82 Å². The molecule has 1 aromatic heterocycles. The largest absolute Gasteiger partial charge is 0.370 e. The minimum atomic E-state index is 0.00560. The molecule has 110 valence electrons. The molecule has 2 N–H and O–H groups in total. The maximum Gasteiger partial charge on any atom is 0.251 e. The molecular weight excluding hydrogens is 250 g/mol. The van der Waals surface area contributed by atoms with Crippen LogP contribution in [-0.4, -0.2) is 24.0 Å². The molecule has 1 heterocycles. The summed E-state index contributed by atoms with van der Waals surface area (Å²) in [7, 11) is 0. The smallest absolute Gasteiger partial charge is 0.251 e. The van der Waals surface area contributed by atoms with Crippen molar-refractivity contribution in [3.8, 4) is 0 Å². The SMILES string of the molecule is CCCNc1cc(C(=O)NCC2CCCC2C)ccn1. The number of nitrogens with zero attached hydrogens (tertiary/aromatic N) is 1. The van der Waals surface area contributed by atoms with Gasteiger partial charge in [-0.05, 0) is 36.8 Å². The van der Waals surface area contributed by atoms with Crippen LogP contribution in [-0.2, 0) is 0 Å². The summed E-state index contributed by atoms with van der Waals surface area (Å²) in [6.07, 6.45) is 6.55. The molecule has 2 unspecified atom stereocenters. The van der Waals surface area contributed by atoms with E-state index in [1.165, 1.54) is 19.3 Å². The molecule has 1 aliphatic carbocycles. The molecule has 1 aliphatic rings. The summed E-state index contributed by atoms with van der Waals surface area (Å²) in [5.74, 6) is 2.15. The number of hydrogen-bond acceptors (Lipinski definition) is 3. The topological polar surface area (TPSA) is 54.0 Å². The molecule has 0 saturated heterocycles. The van der Waals surface area contributed by atoms with Crippen LogP contribution in [0.1, 0.15) is 49.9 Å². The Bertz CT molecular complexity index is 447. The third-order valence-corrected chi connectivity index (χ3v) is 4.14. The number of rotatable bonds is 6. The first-order valence-corrected chi connectivity index (χ1v) is 7.68. The maximum absolute atomic E-state index is 12.2. The van der Waals surface area contributed by atoms with Gasteiger partial charge in [0.05, 0.1) is 0 Å². The number of carbonyl (C=O) groups is 1. The van der Waals surface area contributed by atoms with Gasteiger partial charge in [-0.3, -0.25) is 4.79 Å². The van der Waals surface area contributed by atoms with Gasteiger partial charge in [-0.2, -0.15) is 0 Å². The molecule has 1 fully saturated rings. The minimum absolute atomic E-state index is 0.00560. The van der Waals surface area contributed by atoms with E-state index in [1.54, 1.807) is 12.3 Å². The van der Waals surface area contributed by atoms with Crippen LogP contribution in [0.15, 0.2) is 18.3 Å². The van der Waals surface area contributed by atoms with Crippen LogP contribution in [0.3, 0.4) is 0 Å². The first-order chi connectivity index (χ1) is 9.70. The molecule has 2 rings (SSSR count). The summed E-state index contributed by atoms with van der Waals surface area (Å²) in [5, 5.41) is 6.26. The Balaban J connectivity index is 1.88. The van der Waals surface area contributed by atoms with E-state index in [0.29, 0.717) is 11.5 Å². The second kappa shape index (κ2) is 7.27. The van der Waals surface area contributed by atoms with Crippen LogP contribution in [0.4, 0.5) is 5.82 Å². The number of carbonyl (C=O) groups excluding carboxylic acids is 1. The molecule has 4 heteroatoms. The lowest BCUT2D eigenvalue weighted by Gasteiger charge is -2.16. The van der Waals surface area contributed by atoms with Gasteiger partial charge >= 0.3 is 0 Å². The molecule has 1 aromatic rings. The number of anilines is 1. The van der Waals surface area contributed by atoms with Gasteiger partial charge in [-0.25, -0.2) is 4.98 Å². The number of aromatic nitrogens is 1. The van der Waals surface area contributed by atoms with Crippen molar-refractivity contribution < 1.29 is 4.79 Å². The zero-order valence-corrected chi connectivity index (χ0v) is 12.5. The molecular formula is C16H25N3O. The third-order valence-electron chi connectivity index (χ3n) is 4.14. The molecule has 0 bridgehead atoms. The van der Waals surface area contributed by atoms with Crippen LogP contribution in [0.25, 0.3) is 0 Å². The lowest BCUT2D eigenvalue weighted by Crippen LogP contribution is -2.30. The summed E-state index contributed by atoms with van der Waals surface area (Å²) in [6, 6.07) is 3.59. The van der Waals surface area contributed by atoms with Crippen molar-refractivity contribution in [3.05, 3.63) is 23.9 Å². The molecule has 4 nitrogen and oxygen atoms in total. The Kier molecular flexibility index (Phi) is 5.39. The number of pyridine rings is 1. The monoisotopic (exact) mass is 275 g/mol. The van der Waals surface area contributed by atoms with E-state index in [-0.39, 0.29) is 5.91 Å². The molecule has 20 heavy (non-hydrogen) atoms. The summed E-state index contributed by atoms with van der Waals surface area (Å²) in [5.41, 5.74) is 0.684. The highest BCUT2D eigenvalue weighted by molar-refractivity contribution is 5.94. The van der Waals surface area contributed by atoms with Gasteiger partial charge in [-0.15, -0.1) is 0 Å². The highest BCUT2D eigenvalue weighted by Crippen LogP contribution is 2.30. The van der Waals surface area contributed by atoms with E-state index in [2.05, 4.69) is 29.5 Å². The fraction of sp³-hybridized carbons (Fsp3) is 0.625. The van der Waals surface area contributed by atoms with Gasteiger partial charge in [0, 0.05) is 24.8 Å². The van der Waals surface area contributed by atoms with Crippen molar-refractivity contribution in [2.24, 2.45) is 11.8 Å². The van der Waals surface area contributed by atoms with Gasteiger partial charge in [0.2, 0.25) is 0 Å². The standard InChI is InChI=1S/C16H25N3O/c1-3-8-17-15-10-13(7-9-18-15)16(20)19-11-14-6-4-5-12(14)2/h7,9-10,12,14H,3-6,8,11H2,1-2H3,(H,17,18)(H,19,20). The molecule has 1 amide bonds. The first-order valence-electron chi connectivity index (χ1n) is 7.68. The van der Waals surface area contributed by atoms with Crippen molar-refractivity contribution in [2.45, 2.75) is 39.5 Å². The molecule has 0 aromatic carbocycles. The van der Waals surface area contributed by atoms with Crippen molar-refractivity contribution in [1.82, 2.24) is 10.3 Å². The third kappa shape index (κ3) is 3.95. The lowest BCUT2D eigenvalue weighted by atomic mass is 9.98. The van der Waals surface area contributed by atoms with Gasteiger partial charge in [-0.1, -0.05) is 26.7 Å². The number of hydrogen-bond donors (Lipinski definition) is 2. The highest BCUT2D eigenvalue weighted by Gasteiger charge is 2.23. The van der Waals surface area contributed by atoms with E-state index in [0.717, 1.165) is 31.2 Å². The first kappa shape index (κ1) is 14.8. The predicted molar refractivity (Wildman–Crippen MR) is 81.9 cm³/mol. The van der Waals surface area contributed by atoms with Gasteiger partial charge in [0.15, 0.2) is 0 Å². The van der Waals surface area contributed by atoms with Crippen LogP contribution in [0.5, 0.6) is 0 Å². The van der Waals surface area contributed by atoms with Gasteiger partial charge < -0.3 is 10.6 Å². The highest BCUT2D eigenvalue weighted by atomic mass is 16.1. The van der Waals surface area contributed by atoms with Crippen LogP contribution in [0, 0.1) is 11.8 Å². The van der Waals surface area contributed by atoms with E-state index in [1.807, 2.05) is 6.07 Å². The molecule has 0 aliphatic heterocycles. The Morgan fingerprint density at radius 1 is 1.45 bits per heavy atom. The average Bonchev–Trinajstić information content (AvgIpc) is 2.88. The molecule has 2 atom stereocenters. The van der Waals surface area contributed by atoms with Crippen molar-refractivity contribution in [3.63, 3.8) is 0 Å². The average molecular weight is 275 g/mol. The van der Waals surface area contributed by atoms with E-state index < -0.39 is 0 Å². The summed E-state index contributed by atoms with van der Waals surface area (Å²) in [6.45, 7) is 6.05. The molecule has 1 saturated carbocycles. The summed E-state index contributed by atoms with van der Waals surface area (Å²) >= 11 is 0. The fourth-order valence-electron chi connectivity index (χ4n) is 2.77. The van der Waals surface area contributed by atoms with Crippen molar-refractivity contribution in [1.29, 1.82) is 0 Å². The lowest BCUT2D eigenvalue weighted by molar-refractivity contribution is 0.0944. The Labute approximate surface area is 121 Å². The summed E-state index contributed by atoms with van der Waals surface area (Å²) < 4.78 is 0. The number of amides is 1. The Morgan fingerprint density at radius 3 is 3.00 bits per heavy atom. The zero-order chi connectivity index (χ0) is 14.4. The van der Waals surface area contributed by atoms with Crippen LogP contribution >= 0.6 is 0 Å². The Morgan fingerprint density at radius 2 is 2.30 bits per heavy atom. The number of nitrogens with one attached hydrogen (secondary N) is 2. The van der Waals surface area contributed by atoms with E-state index in [9.17, 15) is 4.79 Å². The normalized spacial score (nSPS) is 21.7. The van der Waals surface area contributed by atoms with Gasteiger partial charge in [0.25, 0.3) is 5.91 Å².